The molecule has 0 amide bonds. The summed E-state index contributed by atoms with van der Waals surface area (Å²) in [5.74, 6) is -0.103. The SMILES string of the molecule is COc1ccc(CC(C)(N)c2ccccc2C)cc1F. The maximum Gasteiger partial charge on any atom is 0.165 e. The van der Waals surface area contributed by atoms with Crippen molar-refractivity contribution in [1.82, 2.24) is 0 Å². The molecule has 0 aromatic heterocycles. The summed E-state index contributed by atoms with van der Waals surface area (Å²) in [5, 5.41) is 0. The second-order valence-electron chi connectivity index (χ2n) is 5.38. The van der Waals surface area contributed by atoms with Crippen molar-refractivity contribution in [1.29, 1.82) is 0 Å². The van der Waals surface area contributed by atoms with Gasteiger partial charge in [0.1, 0.15) is 0 Å². The minimum Gasteiger partial charge on any atom is -0.494 e. The smallest absolute Gasteiger partial charge is 0.165 e. The van der Waals surface area contributed by atoms with Gasteiger partial charge in [0, 0.05) is 5.54 Å². The predicted octanol–water partition coefficient (Wildman–Crippen LogP) is 3.56. The van der Waals surface area contributed by atoms with Gasteiger partial charge in [-0.05, 0) is 49.1 Å². The molecule has 3 heteroatoms. The monoisotopic (exact) mass is 273 g/mol. The van der Waals surface area contributed by atoms with E-state index in [2.05, 4.69) is 0 Å². The Morgan fingerprint density at radius 3 is 2.50 bits per heavy atom. The molecule has 1 atom stereocenters. The van der Waals surface area contributed by atoms with Gasteiger partial charge in [0.15, 0.2) is 11.6 Å². The van der Waals surface area contributed by atoms with Crippen LogP contribution in [0.5, 0.6) is 5.75 Å². The summed E-state index contributed by atoms with van der Waals surface area (Å²) in [4.78, 5) is 0. The topological polar surface area (TPSA) is 35.2 Å². The normalized spacial score (nSPS) is 13.8. The van der Waals surface area contributed by atoms with Crippen LogP contribution < -0.4 is 10.5 Å². The summed E-state index contributed by atoms with van der Waals surface area (Å²) in [7, 11) is 1.46. The van der Waals surface area contributed by atoms with Crippen LogP contribution >= 0.6 is 0 Å². The highest BCUT2D eigenvalue weighted by molar-refractivity contribution is 5.36. The van der Waals surface area contributed by atoms with Gasteiger partial charge in [-0.2, -0.15) is 0 Å². The molecule has 0 radical (unpaired) electrons. The Morgan fingerprint density at radius 1 is 1.20 bits per heavy atom. The second-order valence-corrected chi connectivity index (χ2v) is 5.38. The fourth-order valence-corrected chi connectivity index (χ4v) is 2.55. The standard InChI is InChI=1S/C17H20FNO/c1-12-6-4-5-7-14(12)17(2,19)11-13-8-9-16(20-3)15(18)10-13/h4-10H,11,19H2,1-3H3. The van der Waals surface area contributed by atoms with Crippen LogP contribution in [0.4, 0.5) is 4.39 Å². The third-order valence-corrected chi connectivity index (χ3v) is 3.55. The Bertz CT molecular complexity index is 608. The first-order valence-corrected chi connectivity index (χ1v) is 6.61. The number of hydrogen-bond donors (Lipinski definition) is 1. The molecule has 20 heavy (non-hydrogen) atoms. The molecular weight excluding hydrogens is 253 g/mol. The number of methoxy groups -OCH3 is 1. The van der Waals surface area contributed by atoms with Gasteiger partial charge in [0.05, 0.1) is 7.11 Å². The molecule has 0 fully saturated rings. The number of benzene rings is 2. The second kappa shape index (κ2) is 5.63. The van der Waals surface area contributed by atoms with Crippen LogP contribution in [0, 0.1) is 12.7 Å². The first kappa shape index (κ1) is 14.5. The van der Waals surface area contributed by atoms with Gasteiger partial charge >= 0.3 is 0 Å². The molecule has 1 unspecified atom stereocenters. The van der Waals surface area contributed by atoms with Gasteiger partial charge in [0.2, 0.25) is 0 Å². The van der Waals surface area contributed by atoms with Crippen molar-refractivity contribution in [3.8, 4) is 5.75 Å². The van der Waals surface area contributed by atoms with E-state index in [0.717, 1.165) is 16.7 Å². The fourth-order valence-electron chi connectivity index (χ4n) is 2.55. The number of ether oxygens (including phenoxy) is 1. The summed E-state index contributed by atoms with van der Waals surface area (Å²) in [6, 6.07) is 13.0. The van der Waals surface area contributed by atoms with E-state index >= 15 is 0 Å². The van der Waals surface area contributed by atoms with Gasteiger partial charge in [-0.15, -0.1) is 0 Å². The van der Waals surface area contributed by atoms with Crippen LogP contribution in [-0.4, -0.2) is 7.11 Å². The molecule has 2 nitrogen and oxygen atoms in total. The lowest BCUT2D eigenvalue weighted by Crippen LogP contribution is -2.36. The molecule has 0 bridgehead atoms. The van der Waals surface area contributed by atoms with Crippen LogP contribution in [-0.2, 0) is 12.0 Å². The molecule has 0 aliphatic carbocycles. The number of hydrogen-bond acceptors (Lipinski definition) is 2. The molecule has 2 N–H and O–H groups in total. The van der Waals surface area contributed by atoms with Crippen molar-refractivity contribution in [3.05, 3.63) is 65.0 Å². The zero-order chi connectivity index (χ0) is 14.8. The van der Waals surface area contributed by atoms with E-state index in [0.29, 0.717) is 6.42 Å². The van der Waals surface area contributed by atoms with Crippen molar-refractivity contribution in [2.75, 3.05) is 7.11 Å². The third-order valence-electron chi connectivity index (χ3n) is 3.55. The number of halogens is 1. The summed E-state index contributed by atoms with van der Waals surface area (Å²) < 4.78 is 18.7. The van der Waals surface area contributed by atoms with Crippen LogP contribution in [0.2, 0.25) is 0 Å². The fraction of sp³-hybridized carbons (Fsp3) is 0.294. The first-order chi connectivity index (χ1) is 9.44. The van der Waals surface area contributed by atoms with Gasteiger partial charge in [-0.25, -0.2) is 4.39 Å². The minimum atomic E-state index is -0.535. The molecule has 2 rings (SSSR count). The Hall–Kier alpha value is -1.87. The van der Waals surface area contributed by atoms with E-state index in [9.17, 15) is 4.39 Å². The summed E-state index contributed by atoms with van der Waals surface area (Å²) in [6.07, 6.45) is 0.568. The van der Waals surface area contributed by atoms with Crippen LogP contribution in [0.1, 0.15) is 23.6 Å². The number of rotatable bonds is 4. The molecule has 106 valence electrons. The number of nitrogens with two attached hydrogens (primary N) is 1. The zero-order valence-electron chi connectivity index (χ0n) is 12.1. The highest BCUT2D eigenvalue weighted by Gasteiger charge is 2.23. The molecule has 0 saturated carbocycles. The van der Waals surface area contributed by atoms with Crippen molar-refractivity contribution in [2.45, 2.75) is 25.8 Å². The van der Waals surface area contributed by atoms with Crippen molar-refractivity contribution < 1.29 is 9.13 Å². The summed E-state index contributed by atoms with van der Waals surface area (Å²) in [5.41, 5.74) is 8.99. The quantitative estimate of drug-likeness (QED) is 0.924. The summed E-state index contributed by atoms with van der Waals surface area (Å²) >= 11 is 0. The van der Waals surface area contributed by atoms with E-state index in [1.54, 1.807) is 6.07 Å². The Labute approximate surface area is 119 Å². The van der Waals surface area contributed by atoms with Crippen molar-refractivity contribution in [2.24, 2.45) is 5.73 Å². The zero-order valence-corrected chi connectivity index (χ0v) is 12.1. The van der Waals surface area contributed by atoms with E-state index in [1.165, 1.54) is 13.2 Å². The maximum absolute atomic E-state index is 13.7. The van der Waals surface area contributed by atoms with Gasteiger partial charge in [-0.1, -0.05) is 30.3 Å². The predicted molar refractivity (Wildman–Crippen MR) is 79.4 cm³/mol. The van der Waals surface area contributed by atoms with Gasteiger partial charge < -0.3 is 10.5 Å². The van der Waals surface area contributed by atoms with Gasteiger partial charge in [-0.3, -0.25) is 0 Å². The maximum atomic E-state index is 13.7. The Balaban J connectivity index is 2.28. The highest BCUT2D eigenvalue weighted by atomic mass is 19.1. The number of aryl methyl sites for hydroxylation is 1. The lowest BCUT2D eigenvalue weighted by Gasteiger charge is -2.27. The Morgan fingerprint density at radius 2 is 1.90 bits per heavy atom. The van der Waals surface area contributed by atoms with Crippen LogP contribution in [0.25, 0.3) is 0 Å². The first-order valence-electron chi connectivity index (χ1n) is 6.61. The molecule has 0 saturated heterocycles. The molecule has 2 aromatic rings. The minimum absolute atomic E-state index is 0.253. The Kier molecular flexibility index (Phi) is 4.09. The molecule has 2 aromatic carbocycles. The van der Waals surface area contributed by atoms with E-state index in [-0.39, 0.29) is 11.6 Å². The van der Waals surface area contributed by atoms with E-state index in [1.807, 2.05) is 44.2 Å². The molecule has 0 aliphatic rings. The van der Waals surface area contributed by atoms with Crippen LogP contribution in [0.15, 0.2) is 42.5 Å². The molecule has 0 spiro atoms. The largest absolute Gasteiger partial charge is 0.494 e. The van der Waals surface area contributed by atoms with E-state index in [4.69, 9.17) is 10.5 Å². The average Bonchev–Trinajstić information content (AvgIpc) is 2.38. The van der Waals surface area contributed by atoms with Crippen molar-refractivity contribution in [3.63, 3.8) is 0 Å². The lowest BCUT2D eigenvalue weighted by atomic mass is 9.84. The molecule has 0 heterocycles. The average molecular weight is 273 g/mol. The summed E-state index contributed by atoms with van der Waals surface area (Å²) in [6.45, 7) is 4.01. The lowest BCUT2D eigenvalue weighted by molar-refractivity contribution is 0.385. The van der Waals surface area contributed by atoms with Crippen molar-refractivity contribution >= 4 is 0 Å². The molecular formula is C17H20FNO. The van der Waals surface area contributed by atoms with Gasteiger partial charge in [0.25, 0.3) is 0 Å². The molecule has 0 aliphatic heterocycles. The van der Waals surface area contributed by atoms with Crippen LogP contribution in [0.3, 0.4) is 0 Å². The highest BCUT2D eigenvalue weighted by Crippen LogP contribution is 2.27. The van der Waals surface area contributed by atoms with E-state index < -0.39 is 5.54 Å². The third kappa shape index (κ3) is 2.99.